The van der Waals surface area contributed by atoms with Gasteiger partial charge in [0.05, 0.1) is 26.3 Å². The topological polar surface area (TPSA) is 62.3 Å². The van der Waals surface area contributed by atoms with Crippen molar-refractivity contribution in [1.29, 1.82) is 0 Å². The molecule has 7 nitrogen and oxygen atoms in total. The minimum Gasteiger partial charge on any atom is -0.496 e. The van der Waals surface area contributed by atoms with E-state index in [1.54, 1.807) is 14.2 Å². The third-order valence-electron chi connectivity index (χ3n) is 6.63. The molecule has 0 saturated carbocycles. The Labute approximate surface area is 195 Å². The van der Waals surface area contributed by atoms with Crippen molar-refractivity contribution < 1.29 is 19.1 Å². The first-order valence-electron chi connectivity index (χ1n) is 11.2. The van der Waals surface area contributed by atoms with Gasteiger partial charge in [0.1, 0.15) is 17.2 Å². The SMILES string of the molecule is COc1ccccc1CN1C(=O)C(c2ccccc2OC)=C(N(C)C2CCN(C)CC2)C1=O. The van der Waals surface area contributed by atoms with Crippen molar-refractivity contribution >= 4 is 17.4 Å². The zero-order valence-corrected chi connectivity index (χ0v) is 19.7. The highest BCUT2D eigenvalue weighted by Crippen LogP contribution is 2.38. The number of hydrogen-bond donors (Lipinski definition) is 0. The summed E-state index contributed by atoms with van der Waals surface area (Å²) in [4.78, 5) is 33.1. The molecule has 2 aromatic rings. The number of rotatable bonds is 7. The summed E-state index contributed by atoms with van der Waals surface area (Å²) < 4.78 is 11.0. The Bertz CT molecular complexity index is 1070. The van der Waals surface area contributed by atoms with E-state index in [2.05, 4.69) is 11.9 Å². The highest BCUT2D eigenvalue weighted by atomic mass is 16.5. The summed E-state index contributed by atoms with van der Waals surface area (Å²) in [5.74, 6) is 0.620. The number of imide groups is 1. The van der Waals surface area contributed by atoms with Crippen LogP contribution in [0.2, 0.25) is 0 Å². The Morgan fingerprint density at radius 1 is 0.909 bits per heavy atom. The molecule has 0 aliphatic carbocycles. The van der Waals surface area contributed by atoms with Gasteiger partial charge in [0.15, 0.2) is 0 Å². The Balaban J connectivity index is 1.76. The quantitative estimate of drug-likeness (QED) is 0.606. The number of nitrogens with zero attached hydrogens (tertiary/aromatic N) is 3. The Kier molecular flexibility index (Phi) is 6.70. The zero-order chi connectivity index (χ0) is 23.5. The molecule has 7 heteroatoms. The summed E-state index contributed by atoms with van der Waals surface area (Å²) in [6, 6.07) is 15.0. The Morgan fingerprint density at radius 2 is 1.52 bits per heavy atom. The highest BCUT2D eigenvalue weighted by Gasteiger charge is 2.43. The van der Waals surface area contributed by atoms with Gasteiger partial charge in [-0.15, -0.1) is 0 Å². The smallest absolute Gasteiger partial charge is 0.278 e. The molecule has 0 aromatic heterocycles. The van der Waals surface area contributed by atoms with Gasteiger partial charge in [-0.1, -0.05) is 36.4 Å². The van der Waals surface area contributed by atoms with Crippen molar-refractivity contribution in [3.05, 3.63) is 65.4 Å². The molecule has 1 fully saturated rings. The van der Waals surface area contributed by atoms with Crippen LogP contribution in [0.3, 0.4) is 0 Å². The van der Waals surface area contributed by atoms with Crippen molar-refractivity contribution in [2.75, 3.05) is 41.4 Å². The van der Waals surface area contributed by atoms with Crippen LogP contribution in [0.25, 0.3) is 5.57 Å². The first-order chi connectivity index (χ1) is 16.0. The predicted octanol–water partition coefficient (Wildman–Crippen LogP) is 3.01. The van der Waals surface area contributed by atoms with Crippen LogP contribution in [0.1, 0.15) is 24.0 Å². The van der Waals surface area contributed by atoms with Crippen LogP contribution < -0.4 is 9.47 Å². The van der Waals surface area contributed by atoms with E-state index < -0.39 is 0 Å². The standard InChI is InChI=1S/C26H31N3O4/c1-27-15-13-19(14-16-27)28(2)24-23(20-10-6-8-12-22(20)33-4)25(30)29(26(24)31)17-18-9-5-7-11-21(18)32-3/h5-12,19H,13-17H2,1-4H3. The van der Waals surface area contributed by atoms with Crippen molar-refractivity contribution in [1.82, 2.24) is 14.7 Å². The number of ether oxygens (including phenoxy) is 2. The number of likely N-dealkylation sites (N-methyl/N-ethyl adjacent to an activating group) is 1. The molecule has 0 atom stereocenters. The molecule has 1 saturated heterocycles. The highest BCUT2D eigenvalue weighted by molar-refractivity contribution is 6.35. The predicted molar refractivity (Wildman–Crippen MR) is 127 cm³/mol. The average Bonchev–Trinajstić information content (AvgIpc) is 3.09. The number of likely N-dealkylation sites (tertiary alicyclic amines) is 1. The minimum absolute atomic E-state index is 0.144. The number of carbonyl (C=O) groups excluding carboxylic acids is 2. The summed E-state index contributed by atoms with van der Waals surface area (Å²) >= 11 is 0. The molecule has 2 aliphatic heterocycles. The van der Waals surface area contributed by atoms with Crippen LogP contribution in [0.5, 0.6) is 11.5 Å². The number of carbonyl (C=O) groups is 2. The van der Waals surface area contributed by atoms with E-state index in [1.165, 1.54) is 4.90 Å². The molecule has 0 radical (unpaired) electrons. The molecule has 0 N–H and O–H groups in total. The molecule has 2 amide bonds. The van der Waals surface area contributed by atoms with Crippen LogP contribution in [-0.4, -0.2) is 74.0 Å². The number of para-hydroxylation sites is 2. The van der Waals surface area contributed by atoms with Gasteiger partial charge in [-0.3, -0.25) is 14.5 Å². The first kappa shape index (κ1) is 22.9. The lowest BCUT2D eigenvalue weighted by Gasteiger charge is -2.36. The largest absolute Gasteiger partial charge is 0.496 e. The molecular weight excluding hydrogens is 418 g/mol. The molecule has 174 valence electrons. The van der Waals surface area contributed by atoms with E-state index in [9.17, 15) is 9.59 Å². The number of methoxy groups -OCH3 is 2. The van der Waals surface area contributed by atoms with Crippen molar-refractivity contribution in [3.8, 4) is 11.5 Å². The van der Waals surface area contributed by atoms with Crippen LogP contribution >= 0.6 is 0 Å². The molecule has 2 aromatic carbocycles. The van der Waals surface area contributed by atoms with Gasteiger partial charge in [0.25, 0.3) is 11.8 Å². The lowest BCUT2D eigenvalue weighted by Crippen LogP contribution is -2.43. The number of piperidine rings is 1. The summed E-state index contributed by atoms with van der Waals surface area (Å²) in [5, 5.41) is 0. The first-order valence-corrected chi connectivity index (χ1v) is 11.2. The third kappa shape index (κ3) is 4.33. The van der Waals surface area contributed by atoms with E-state index >= 15 is 0 Å². The molecule has 2 heterocycles. The molecule has 2 aliphatic rings. The fourth-order valence-electron chi connectivity index (χ4n) is 4.70. The molecule has 4 rings (SSSR count). The Hall–Kier alpha value is -3.32. The average molecular weight is 450 g/mol. The van der Waals surface area contributed by atoms with E-state index in [1.807, 2.05) is 60.5 Å². The summed E-state index contributed by atoms with van der Waals surface area (Å²) in [5.41, 5.74) is 2.25. The van der Waals surface area contributed by atoms with E-state index in [0.717, 1.165) is 31.5 Å². The molecule has 33 heavy (non-hydrogen) atoms. The maximum absolute atomic E-state index is 13.8. The van der Waals surface area contributed by atoms with Gasteiger partial charge in [0.2, 0.25) is 0 Å². The van der Waals surface area contributed by atoms with Gasteiger partial charge < -0.3 is 19.3 Å². The second-order valence-electron chi connectivity index (χ2n) is 8.58. The van der Waals surface area contributed by atoms with Gasteiger partial charge in [0, 0.05) is 24.2 Å². The summed E-state index contributed by atoms with van der Waals surface area (Å²) in [7, 11) is 7.20. The van der Waals surface area contributed by atoms with Crippen molar-refractivity contribution in [3.63, 3.8) is 0 Å². The lowest BCUT2D eigenvalue weighted by atomic mass is 9.99. The van der Waals surface area contributed by atoms with Crippen molar-refractivity contribution in [2.45, 2.75) is 25.4 Å². The molecule has 0 spiro atoms. The lowest BCUT2D eigenvalue weighted by molar-refractivity contribution is -0.138. The van der Waals surface area contributed by atoms with Gasteiger partial charge in [-0.05, 0) is 45.1 Å². The van der Waals surface area contributed by atoms with Crippen LogP contribution in [-0.2, 0) is 16.1 Å². The number of amides is 2. The second-order valence-corrected chi connectivity index (χ2v) is 8.58. The van der Waals surface area contributed by atoms with Gasteiger partial charge >= 0.3 is 0 Å². The maximum atomic E-state index is 13.8. The van der Waals surface area contributed by atoms with Crippen molar-refractivity contribution in [2.24, 2.45) is 0 Å². The fraction of sp³-hybridized carbons (Fsp3) is 0.385. The van der Waals surface area contributed by atoms with Crippen LogP contribution in [0.15, 0.2) is 54.2 Å². The Morgan fingerprint density at radius 3 is 2.18 bits per heavy atom. The second kappa shape index (κ2) is 9.67. The van der Waals surface area contributed by atoms with E-state index in [-0.39, 0.29) is 24.4 Å². The maximum Gasteiger partial charge on any atom is 0.278 e. The molecule has 0 unspecified atom stereocenters. The van der Waals surface area contributed by atoms with E-state index in [4.69, 9.17) is 9.47 Å². The van der Waals surface area contributed by atoms with Crippen LogP contribution in [0.4, 0.5) is 0 Å². The van der Waals surface area contributed by atoms with E-state index in [0.29, 0.717) is 28.3 Å². The fourth-order valence-corrected chi connectivity index (χ4v) is 4.70. The molecular formula is C26H31N3O4. The van der Waals surface area contributed by atoms with Crippen LogP contribution in [0, 0.1) is 0 Å². The monoisotopic (exact) mass is 449 g/mol. The number of benzene rings is 2. The number of hydrogen-bond acceptors (Lipinski definition) is 6. The minimum atomic E-state index is -0.315. The third-order valence-corrected chi connectivity index (χ3v) is 6.63. The normalized spacial score (nSPS) is 17.6. The van der Waals surface area contributed by atoms with Gasteiger partial charge in [-0.25, -0.2) is 0 Å². The summed E-state index contributed by atoms with van der Waals surface area (Å²) in [6.45, 7) is 2.06. The zero-order valence-electron chi connectivity index (χ0n) is 19.7. The van der Waals surface area contributed by atoms with Gasteiger partial charge in [-0.2, -0.15) is 0 Å². The summed E-state index contributed by atoms with van der Waals surface area (Å²) in [6.07, 6.45) is 1.87. The molecule has 0 bridgehead atoms.